The molecule has 0 aliphatic carbocycles. The topological polar surface area (TPSA) is 92.0 Å². The van der Waals surface area contributed by atoms with Crippen LogP contribution in [-0.2, 0) is 12.8 Å². The lowest BCUT2D eigenvalue weighted by Gasteiger charge is -2.05. The predicted molar refractivity (Wildman–Crippen MR) is 57.8 cm³/mol. The maximum Gasteiger partial charge on any atom is 0.254 e. The van der Waals surface area contributed by atoms with E-state index in [1.807, 2.05) is 0 Å². The van der Waals surface area contributed by atoms with Crippen LogP contribution in [0.3, 0.4) is 0 Å². The number of nitrogens with zero attached hydrogens (tertiary/aromatic N) is 1. The van der Waals surface area contributed by atoms with Gasteiger partial charge in [-0.05, 0) is 19.9 Å². The second kappa shape index (κ2) is 5.63. The molecule has 0 saturated carbocycles. The van der Waals surface area contributed by atoms with Gasteiger partial charge in [-0.25, -0.2) is 4.98 Å². The van der Waals surface area contributed by atoms with Crippen LogP contribution in [-0.4, -0.2) is 28.2 Å². The van der Waals surface area contributed by atoms with Gasteiger partial charge >= 0.3 is 0 Å². The van der Waals surface area contributed by atoms with E-state index in [0.717, 1.165) is 6.42 Å². The molecule has 1 aromatic heterocycles. The lowest BCUT2D eigenvalue weighted by Crippen LogP contribution is -2.20. The van der Waals surface area contributed by atoms with Crippen molar-refractivity contribution in [2.45, 2.75) is 26.2 Å². The first kappa shape index (κ1) is 11.9. The summed E-state index contributed by atoms with van der Waals surface area (Å²) in [6, 6.07) is 0. The zero-order chi connectivity index (χ0) is 11.3. The van der Waals surface area contributed by atoms with Crippen LogP contribution >= 0.6 is 0 Å². The van der Waals surface area contributed by atoms with E-state index in [0.29, 0.717) is 36.5 Å². The first-order chi connectivity index (χ1) is 7.19. The number of aliphatic hydroxyl groups is 1. The first-order valence-corrected chi connectivity index (χ1v) is 5.08. The molecule has 1 aromatic rings. The quantitative estimate of drug-likeness (QED) is 0.612. The Kier molecular flexibility index (Phi) is 4.45. The Balaban J connectivity index is 2.92. The van der Waals surface area contributed by atoms with Crippen molar-refractivity contribution in [1.82, 2.24) is 9.97 Å². The molecule has 0 unspecified atom stereocenters. The Morgan fingerprint density at radius 3 is 2.73 bits per heavy atom. The molecular weight excluding hydrogens is 194 g/mol. The number of aromatic amines is 1. The molecule has 0 fully saturated rings. The van der Waals surface area contributed by atoms with Gasteiger partial charge in [0, 0.05) is 30.7 Å². The summed E-state index contributed by atoms with van der Waals surface area (Å²) in [4.78, 5) is 18.5. The third kappa shape index (κ3) is 3.14. The van der Waals surface area contributed by atoms with Crippen molar-refractivity contribution in [3.8, 4) is 0 Å². The van der Waals surface area contributed by atoms with E-state index >= 15 is 0 Å². The van der Waals surface area contributed by atoms with Gasteiger partial charge in [0.25, 0.3) is 5.56 Å². The van der Waals surface area contributed by atoms with Crippen LogP contribution in [0, 0.1) is 6.92 Å². The summed E-state index contributed by atoms with van der Waals surface area (Å²) in [5, 5.41) is 8.78. The van der Waals surface area contributed by atoms with Crippen molar-refractivity contribution in [1.29, 1.82) is 0 Å². The van der Waals surface area contributed by atoms with Crippen LogP contribution in [0.1, 0.15) is 23.5 Å². The van der Waals surface area contributed by atoms with Crippen molar-refractivity contribution >= 4 is 0 Å². The molecule has 5 heteroatoms. The van der Waals surface area contributed by atoms with Crippen LogP contribution in [0.5, 0.6) is 0 Å². The van der Waals surface area contributed by atoms with E-state index in [2.05, 4.69) is 9.97 Å². The van der Waals surface area contributed by atoms with Gasteiger partial charge in [-0.1, -0.05) is 0 Å². The molecule has 0 radical (unpaired) electrons. The monoisotopic (exact) mass is 211 g/mol. The molecule has 0 atom stereocenters. The van der Waals surface area contributed by atoms with Gasteiger partial charge in [0.15, 0.2) is 0 Å². The maximum atomic E-state index is 11.6. The fourth-order valence-corrected chi connectivity index (χ4v) is 1.46. The SMILES string of the molecule is Cc1nc(CCCN)[nH]c(=O)c1CCO. The molecular formula is C10H17N3O2. The number of hydrogen-bond acceptors (Lipinski definition) is 4. The Hall–Kier alpha value is -1.20. The largest absolute Gasteiger partial charge is 0.396 e. The van der Waals surface area contributed by atoms with E-state index in [-0.39, 0.29) is 12.2 Å². The summed E-state index contributed by atoms with van der Waals surface area (Å²) in [7, 11) is 0. The molecule has 0 aliphatic rings. The molecule has 0 bridgehead atoms. The molecule has 0 spiro atoms. The highest BCUT2D eigenvalue weighted by molar-refractivity contribution is 5.16. The fourth-order valence-electron chi connectivity index (χ4n) is 1.46. The Morgan fingerprint density at radius 2 is 2.20 bits per heavy atom. The third-order valence-electron chi connectivity index (χ3n) is 2.25. The highest BCUT2D eigenvalue weighted by Gasteiger charge is 2.06. The lowest BCUT2D eigenvalue weighted by molar-refractivity contribution is 0.298. The van der Waals surface area contributed by atoms with Crippen LogP contribution in [0.15, 0.2) is 4.79 Å². The van der Waals surface area contributed by atoms with E-state index in [4.69, 9.17) is 10.8 Å². The number of H-pyrrole nitrogens is 1. The number of aryl methyl sites for hydroxylation is 2. The molecule has 15 heavy (non-hydrogen) atoms. The van der Waals surface area contributed by atoms with Gasteiger partial charge < -0.3 is 15.8 Å². The number of aliphatic hydroxyl groups excluding tert-OH is 1. The number of hydrogen-bond donors (Lipinski definition) is 3. The molecule has 84 valence electrons. The minimum Gasteiger partial charge on any atom is -0.396 e. The van der Waals surface area contributed by atoms with Gasteiger partial charge in [0.1, 0.15) is 5.82 Å². The van der Waals surface area contributed by atoms with Crippen molar-refractivity contribution < 1.29 is 5.11 Å². The molecule has 5 nitrogen and oxygen atoms in total. The number of aromatic nitrogens is 2. The third-order valence-corrected chi connectivity index (χ3v) is 2.25. The zero-order valence-electron chi connectivity index (χ0n) is 8.92. The summed E-state index contributed by atoms with van der Waals surface area (Å²) >= 11 is 0. The maximum absolute atomic E-state index is 11.6. The molecule has 0 amide bonds. The van der Waals surface area contributed by atoms with Crippen molar-refractivity contribution in [2.24, 2.45) is 5.73 Å². The average molecular weight is 211 g/mol. The van der Waals surface area contributed by atoms with Crippen LogP contribution in [0.4, 0.5) is 0 Å². The Bertz CT molecular complexity index is 373. The average Bonchev–Trinajstić information content (AvgIpc) is 2.20. The first-order valence-electron chi connectivity index (χ1n) is 5.08. The molecule has 0 aromatic carbocycles. The van der Waals surface area contributed by atoms with Crippen molar-refractivity contribution in [2.75, 3.05) is 13.2 Å². The summed E-state index contributed by atoms with van der Waals surface area (Å²) < 4.78 is 0. The normalized spacial score (nSPS) is 10.6. The van der Waals surface area contributed by atoms with Crippen molar-refractivity contribution in [3.05, 3.63) is 27.4 Å². The molecule has 0 saturated heterocycles. The number of nitrogens with two attached hydrogens (primary N) is 1. The van der Waals surface area contributed by atoms with Gasteiger partial charge in [-0.3, -0.25) is 4.79 Å². The highest BCUT2D eigenvalue weighted by Crippen LogP contribution is 2.01. The summed E-state index contributed by atoms with van der Waals surface area (Å²) in [5.41, 5.74) is 6.49. The lowest BCUT2D eigenvalue weighted by atomic mass is 10.1. The Labute approximate surface area is 88.4 Å². The minimum absolute atomic E-state index is 0.0340. The second-order valence-corrected chi connectivity index (χ2v) is 3.44. The van der Waals surface area contributed by atoms with E-state index in [9.17, 15) is 4.79 Å². The van der Waals surface area contributed by atoms with Crippen LogP contribution < -0.4 is 11.3 Å². The molecule has 1 heterocycles. The summed E-state index contributed by atoms with van der Waals surface area (Å²) in [6.45, 7) is 2.33. The fraction of sp³-hybridized carbons (Fsp3) is 0.600. The second-order valence-electron chi connectivity index (χ2n) is 3.44. The summed E-state index contributed by atoms with van der Waals surface area (Å²) in [6.07, 6.45) is 1.85. The predicted octanol–water partition coefficient (Wildman–Crippen LogP) is -0.496. The van der Waals surface area contributed by atoms with Gasteiger partial charge in [0.05, 0.1) is 0 Å². The van der Waals surface area contributed by atoms with Gasteiger partial charge in [-0.2, -0.15) is 0 Å². The van der Waals surface area contributed by atoms with Crippen LogP contribution in [0.2, 0.25) is 0 Å². The van der Waals surface area contributed by atoms with Gasteiger partial charge in [0.2, 0.25) is 0 Å². The van der Waals surface area contributed by atoms with E-state index < -0.39 is 0 Å². The molecule has 0 aliphatic heterocycles. The minimum atomic E-state index is -0.149. The van der Waals surface area contributed by atoms with E-state index in [1.165, 1.54) is 0 Å². The zero-order valence-corrected chi connectivity index (χ0v) is 8.92. The highest BCUT2D eigenvalue weighted by atomic mass is 16.3. The summed E-state index contributed by atoms with van der Waals surface area (Å²) in [5.74, 6) is 0.671. The van der Waals surface area contributed by atoms with E-state index in [1.54, 1.807) is 6.92 Å². The van der Waals surface area contributed by atoms with Crippen LogP contribution in [0.25, 0.3) is 0 Å². The van der Waals surface area contributed by atoms with Gasteiger partial charge in [-0.15, -0.1) is 0 Å². The smallest absolute Gasteiger partial charge is 0.254 e. The van der Waals surface area contributed by atoms with Crippen molar-refractivity contribution in [3.63, 3.8) is 0 Å². The standard InChI is InChI=1S/C10H17N3O2/c1-7-8(4-6-14)10(15)13-9(12-7)3-2-5-11/h14H,2-6,11H2,1H3,(H,12,13,15). The molecule has 4 N–H and O–H groups in total. The number of rotatable bonds is 5. The Morgan fingerprint density at radius 1 is 1.47 bits per heavy atom. The number of nitrogens with one attached hydrogen (secondary N) is 1. The molecule has 1 rings (SSSR count).